The average Bonchev–Trinajstić information content (AvgIpc) is 3.18. The predicted octanol–water partition coefficient (Wildman–Crippen LogP) is 5.20. The molecule has 1 aliphatic rings. The zero-order valence-corrected chi connectivity index (χ0v) is 20.7. The highest BCUT2D eigenvalue weighted by Gasteiger charge is 2.41. The van der Waals surface area contributed by atoms with E-state index in [1.165, 1.54) is 10.9 Å². The van der Waals surface area contributed by atoms with Crippen LogP contribution in [0.1, 0.15) is 43.9 Å². The van der Waals surface area contributed by atoms with Gasteiger partial charge in [0.05, 0.1) is 11.2 Å². The van der Waals surface area contributed by atoms with Crippen LogP contribution in [0.25, 0.3) is 10.9 Å². The number of fused-ring (bicyclic) bond motifs is 1. The number of carbonyl (C=O) groups is 1. The summed E-state index contributed by atoms with van der Waals surface area (Å²) in [6.45, 7) is 2.47. The van der Waals surface area contributed by atoms with Crippen LogP contribution in [-0.4, -0.2) is 52.4 Å². The van der Waals surface area contributed by atoms with E-state index in [0.717, 1.165) is 49.9 Å². The Morgan fingerprint density at radius 2 is 1.78 bits per heavy atom. The van der Waals surface area contributed by atoms with Gasteiger partial charge in [-0.15, -0.1) is 24.8 Å². The molecule has 0 spiro atoms. The Balaban J connectivity index is 0.00000181. The summed E-state index contributed by atoms with van der Waals surface area (Å²) in [5.74, 6) is 0.176. The first kappa shape index (κ1) is 26.2. The zero-order chi connectivity index (χ0) is 21.1. The number of benzene rings is 1. The number of nitrogens with one attached hydrogen (secondary N) is 1. The standard InChI is InChI=1S/C25H32N4O.2ClH/c1-19(30)29(17-13-20-18-27-23-9-5-4-8-22(20)23)21-11-14-25(15-12-21,28(2)3)24-10-6-7-16-26-24;;/h4-10,16,18,21,27H,11-15,17H2,1-3H3;2*1H. The topological polar surface area (TPSA) is 52.2 Å². The molecule has 32 heavy (non-hydrogen) atoms. The minimum Gasteiger partial charge on any atom is -0.361 e. The number of aromatic nitrogens is 2. The summed E-state index contributed by atoms with van der Waals surface area (Å²) in [4.78, 5) is 25.0. The quantitative estimate of drug-likeness (QED) is 0.531. The first-order chi connectivity index (χ1) is 14.5. The number of hydrogen-bond donors (Lipinski definition) is 1. The van der Waals surface area contributed by atoms with Crippen LogP contribution >= 0.6 is 24.8 Å². The molecule has 0 unspecified atom stereocenters. The fourth-order valence-electron chi connectivity index (χ4n) is 5.14. The molecule has 2 aromatic heterocycles. The van der Waals surface area contributed by atoms with Crippen LogP contribution in [0.2, 0.25) is 0 Å². The van der Waals surface area contributed by atoms with Crippen LogP contribution < -0.4 is 0 Å². The molecule has 1 N–H and O–H groups in total. The van der Waals surface area contributed by atoms with E-state index in [1.54, 1.807) is 6.92 Å². The lowest BCUT2D eigenvalue weighted by atomic mass is 9.75. The molecule has 2 heterocycles. The number of amides is 1. The van der Waals surface area contributed by atoms with Crippen molar-refractivity contribution in [3.8, 4) is 0 Å². The van der Waals surface area contributed by atoms with Gasteiger partial charge in [-0.3, -0.25) is 14.7 Å². The second-order valence-electron chi connectivity index (χ2n) is 8.69. The Kier molecular flexibility index (Phi) is 9.14. The molecule has 1 saturated carbocycles. The molecule has 0 aliphatic heterocycles. The minimum absolute atomic E-state index is 0. The van der Waals surface area contributed by atoms with E-state index in [0.29, 0.717) is 6.04 Å². The molecule has 3 aromatic rings. The summed E-state index contributed by atoms with van der Waals surface area (Å²) in [7, 11) is 4.30. The second-order valence-corrected chi connectivity index (χ2v) is 8.69. The van der Waals surface area contributed by atoms with Crippen LogP contribution in [-0.2, 0) is 16.8 Å². The summed E-state index contributed by atoms with van der Waals surface area (Å²) < 4.78 is 0. The highest BCUT2D eigenvalue weighted by molar-refractivity contribution is 5.85. The van der Waals surface area contributed by atoms with Crippen LogP contribution in [0.15, 0.2) is 54.9 Å². The monoisotopic (exact) mass is 476 g/mol. The van der Waals surface area contributed by atoms with Gasteiger partial charge in [-0.05, 0) is 70.0 Å². The highest BCUT2D eigenvalue weighted by Crippen LogP contribution is 2.41. The van der Waals surface area contributed by atoms with Gasteiger partial charge in [-0.1, -0.05) is 24.3 Å². The van der Waals surface area contributed by atoms with Crippen LogP contribution in [0.3, 0.4) is 0 Å². The molecule has 1 aromatic carbocycles. The largest absolute Gasteiger partial charge is 0.361 e. The summed E-state index contributed by atoms with van der Waals surface area (Å²) in [6, 6.07) is 14.8. The number of aromatic amines is 1. The SMILES string of the molecule is CC(=O)N(CCc1c[nH]c2ccccc12)C1CCC(c2ccccn2)(N(C)C)CC1.Cl.Cl. The van der Waals surface area contributed by atoms with E-state index in [4.69, 9.17) is 0 Å². The van der Waals surface area contributed by atoms with Crippen LogP contribution in [0.5, 0.6) is 0 Å². The third kappa shape index (κ3) is 5.11. The van der Waals surface area contributed by atoms with E-state index in [-0.39, 0.29) is 36.3 Å². The van der Waals surface area contributed by atoms with E-state index in [2.05, 4.69) is 70.4 Å². The number of nitrogens with zero attached hydrogens (tertiary/aromatic N) is 3. The molecule has 1 fully saturated rings. The smallest absolute Gasteiger partial charge is 0.219 e. The molecule has 1 aliphatic carbocycles. The number of rotatable bonds is 6. The summed E-state index contributed by atoms with van der Waals surface area (Å²) in [6.07, 6.45) is 8.87. The van der Waals surface area contributed by atoms with Crippen molar-refractivity contribution >= 4 is 41.6 Å². The van der Waals surface area contributed by atoms with Crippen molar-refractivity contribution in [2.75, 3.05) is 20.6 Å². The van der Waals surface area contributed by atoms with Crippen molar-refractivity contribution in [2.24, 2.45) is 0 Å². The number of pyridine rings is 1. The lowest BCUT2D eigenvalue weighted by Gasteiger charge is -2.46. The maximum absolute atomic E-state index is 12.5. The molecule has 0 atom stereocenters. The van der Waals surface area contributed by atoms with E-state index < -0.39 is 0 Å². The number of para-hydroxylation sites is 1. The summed E-state index contributed by atoms with van der Waals surface area (Å²) in [5.41, 5.74) is 3.54. The van der Waals surface area contributed by atoms with Gasteiger partial charge in [0.25, 0.3) is 0 Å². The number of H-pyrrole nitrogens is 1. The Labute approximate surface area is 203 Å². The average molecular weight is 477 g/mol. The third-order valence-electron chi connectivity index (χ3n) is 6.92. The van der Waals surface area contributed by atoms with Crippen molar-refractivity contribution in [1.82, 2.24) is 19.8 Å². The maximum atomic E-state index is 12.5. The normalized spacial score (nSPS) is 20.4. The molecule has 1 amide bonds. The van der Waals surface area contributed by atoms with Crippen LogP contribution in [0, 0.1) is 0 Å². The molecular weight excluding hydrogens is 443 g/mol. The Morgan fingerprint density at radius 3 is 2.41 bits per heavy atom. The first-order valence-corrected chi connectivity index (χ1v) is 10.9. The lowest BCUT2D eigenvalue weighted by Crippen LogP contribution is -2.50. The number of hydrogen-bond acceptors (Lipinski definition) is 3. The van der Waals surface area contributed by atoms with Crippen molar-refractivity contribution in [3.63, 3.8) is 0 Å². The minimum atomic E-state index is -0.0446. The fourth-order valence-corrected chi connectivity index (χ4v) is 5.14. The van der Waals surface area contributed by atoms with Crippen molar-refractivity contribution < 1.29 is 4.79 Å². The molecule has 0 radical (unpaired) electrons. The Morgan fingerprint density at radius 1 is 1.09 bits per heavy atom. The zero-order valence-electron chi connectivity index (χ0n) is 19.1. The van der Waals surface area contributed by atoms with E-state index >= 15 is 0 Å². The van der Waals surface area contributed by atoms with Gasteiger partial charge in [0.1, 0.15) is 0 Å². The Hall–Kier alpha value is -2.08. The summed E-state index contributed by atoms with van der Waals surface area (Å²) in [5, 5.41) is 1.26. The Bertz CT molecular complexity index is 997. The van der Waals surface area contributed by atoms with Gasteiger partial charge >= 0.3 is 0 Å². The van der Waals surface area contributed by atoms with Gasteiger partial charge in [0, 0.05) is 42.8 Å². The first-order valence-electron chi connectivity index (χ1n) is 10.9. The molecular formula is C25H34Cl2N4O. The highest BCUT2D eigenvalue weighted by atomic mass is 35.5. The molecule has 7 heteroatoms. The van der Waals surface area contributed by atoms with Crippen molar-refractivity contribution in [2.45, 2.75) is 50.6 Å². The van der Waals surface area contributed by atoms with Gasteiger partial charge in [0.15, 0.2) is 0 Å². The van der Waals surface area contributed by atoms with Crippen molar-refractivity contribution in [3.05, 3.63) is 66.1 Å². The molecule has 4 rings (SSSR count). The lowest BCUT2D eigenvalue weighted by molar-refractivity contribution is -0.132. The molecule has 0 saturated heterocycles. The van der Waals surface area contributed by atoms with E-state index in [1.807, 2.05) is 18.3 Å². The van der Waals surface area contributed by atoms with Crippen LogP contribution in [0.4, 0.5) is 0 Å². The van der Waals surface area contributed by atoms with Gasteiger partial charge in [-0.25, -0.2) is 0 Å². The van der Waals surface area contributed by atoms with Gasteiger partial charge < -0.3 is 9.88 Å². The molecule has 5 nitrogen and oxygen atoms in total. The van der Waals surface area contributed by atoms with Gasteiger partial charge in [0.2, 0.25) is 5.91 Å². The number of carbonyl (C=O) groups excluding carboxylic acids is 1. The predicted molar refractivity (Wildman–Crippen MR) is 136 cm³/mol. The van der Waals surface area contributed by atoms with E-state index in [9.17, 15) is 4.79 Å². The third-order valence-corrected chi connectivity index (χ3v) is 6.92. The van der Waals surface area contributed by atoms with Crippen molar-refractivity contribution in [1.29, 1.82) is 0 Å². The maximum Gasteiger partial charge on any atom is 0.219 e. The molecule has 174 valence electrons. The molecule has 0 bridgehead atoms. The fraction of sp³-hybridized carbons (Fsp3) is 0.440. The summed E-state index contributed by atoms with van der Waals surface area (Å²) >= 11 is 0. The second kappa shape index (κ2) is 11.2. The number of halogens is 2. The van der Waals surface area contributed by atoms with Gasteiger partial charge in [-0.2, -0.15) is 0 Å².